The Morgan fingerprint density at radius 2 is 1.33 bits per heavy atom. The lowest BCUT2D eigenvalue weighted by Gasteiger charge is -2.39. The maximum Gasteiger partial charge on any atom is 0.327 e. The van der Waals surface area contributed by atoms with Gasteiger partial charge in [0.2, 0.25) is 59.1 Å². The number of primary amides is 1. The molecule has 3 fully saturated rings. The summed E-state index contributed by atoms with van der Waals surface area (Å²) in [6, 6.07) is 0.333. The molecule has 90 heavy (non-hydrogen) atoms. The van der Waals surface area contributed by atoms with Gasteiger partial charge in [0.1, 0.15) is 60.1 Å². The second-order valence-corrected chi connectivity index (χ2v) is 25.8. The largest absolute Gasteiger partial charge is 0.508 e. The average Bonchev–Trinajstić information content (AvgIpc) is 1.80. The second-order valence-electron chi connectivity index (χ2n) is 23.8. The van der Waals surface area contributed by atoms with E-state index in [1.165, 1.54) is 62.5 Å². The number of amides is 10. The van der Waals surface area contributed by atoms with Crippen LogP contribution >= 0.6 is 23.5 Å². The smallest absolute Gasteiger partial charge is 0.327 e. The molecule has 5 aliphatic heterocycles. The summed E-state index contributed by atoms with van der Waals surface area (Å²) >= 11 is 2.48. The summed E-state index contributed by atoms with van der Waals surface area (Å²) < 4.78 is 0. The van der Waals surface area contributed by atoms with Crippen LogP contribution in [0.5, 0.6) is 5.75 Å². The van der Waals surface area contributed by atoms with E-state index >= 15 is 0 Å². The Bertz CT molecular complexity index is 2890. The number of fused-ring (bicyclic) bond motifs is 16. The number of nitrogens with one attached hydrogen (secondary N) is 6. The number of phenols is 1. The minimum absolute atomic E-state index is 0.00381. The minimum atomic E-state index is -1.71. The predicted octanol–water partition coefficient (Wildman–Crippen LogP) is -0.0400. The van der Waals surface area contributed by atoms with Crippen LogP contribution in [0.25, 0.3) is 0 Å². The van der Waals surface area contributed by atoms with Crippen molar-refractivity contribution >= 4 is 94.5 Å². The highest BCUT2D eigenvalue weighted by atomic mass is 32.2. The van der Waals surface area contributed by atoms with E-state index in [-0.39, 0.29) is 86.1 Å². The highest BCUT2D eigenvalue weighted by Gasteiger charge is 2.45. The highest BCUT2D eigenvalue weighted by molar-refractivity contribution is 7.98. The summed E-state index contributed by atoms with van der Waals surface area (Å²) in [5.41, 5.74) is 19.7. The zero-order valence-corrected chi connectivity index (χ0v) is 52.9. The molecular formula is C61H88N12O15S2. The molecule has 4 bridgehead atoms. The zero-order chi connectivity index (χ0) is 65.8. The van der Waals surface area contributed by atoms with Gasteiger partial charge in [-0.1, -0.05) is 63.6 Å². The number of thioether (sulfide) groups is 2. The Balaban J connectivity index is 1.29. The van der Waals surface area contributed by atoms with Gasteiger partial charge in [-0.25, -0.2) is 4.79 Å². The van der Waals surface area contributed by atoms with Crippen molar-refractivity contribution in [2.24, 2.45) is 29.0 Å². The van der Waals surface area contributed by atoms with Crippen LogP contribution in [-0.2, 0) is 75.5 Å². The molecule has 0 aromatic heterocycles. The first kappa shape index (κ1) is 71.6. The third-order valence-electron chi connectivity index (χ3n) is 16.8. The lowest BCUT2D eigenvalue weighted by molar-refractivity contribution is -0.153. The van der Waals surface area contributed by atoms with Crippen LogP contribution < -0.4 is 49.1 Å². The number of carboxylic acids is 2. The minimum Gasteiger partial charge on any atom is -0.508 e. The maximum absolute atomic E-state index is 15.0. The van der Waals surface area contributed by atoms with Crippen LogP contribution in [0.3, 0.4) is 0 Å². The Kier molecular flexibility index (Phi) is 27.5. The lowest BCUT2D eigenvalue weighted by atomic mass is 9.93. The first-order valence-corrected chi connectivity index (χ1v) is 33.1. The van der Waals surface area contributed by atoms with E-state index in [2.05, 4.69) is 31.9 Å². The van der Waals surface area contributed by atoms with Gasteiger partial charge >= 0.3 is 11.9 Å². The average molecular weight is 1290 g/mol. The van der Waals surface area contributed by atoms with E-state index in [1.54, 1.807) is 6.92 Å². The molecule has 29 heteroatoms. The van der Waals surface area contributed by atoms with Gasteiger partial charge in [0.15, 0.2) is 0 Å². The van der Waals surface area contributed by atoms with E-state index in [0.717, 1.165) is 11.1 Å². The summed E-state index contributed by atoms with van der Waals surface area (Å²) in [5, 5.41) is 46.3. The molecule has 0 radical (unpaired) electrons. The number of rotatable bonds is 23. The van der Waals surface area contributed by atoms with E-state index in [0.29, 0.717) is 56.4 Å². The fraction of sp³-hybridized carbons (Fsp3) is 0.607. The quantitative estimate of drug-likeness (QED) is 0.0513. The van der Waals surface area contributed by atoms with E-state index in [9.17, 15) is 72.9 Å². The van der Waals surface area contributed by atoms with Crippen molar-refractivity contribution < 1.29 is 72.9 Å². The zero-order valence-electron chi connectivity index (χ0n) is 51.2. The molecule has 2 aromatic carbocycles. The predicted molar refractivity (Wildman–Crippen MR) is 334 cm³/mol. The molecule has 2 aromatic rings. The number of hydrogen-bond donors (Lipinski definition) is 12. The number of aromatic hydroxyl groups is 1. The van der Waals surface area contributed by atoms with Gasteiger partial charge in [-0.05, 0) is 111 Å². The molecule has 3 unspecified atom stereocenters. The fourth-order valence-corrected chi connectivity index (χ4v) is 13.5. The van der Waals surface area contributed by atoms with Crippen LogP contribution in [0.2, 0.25) is 0 Å². The number of carboxylic acid groups (broad SMARTS) is 2. The summed E-state index contributed by atoms with van der Waals surface area (Å²) in [4.78, 5) is 170. The number of hydrogen-bond acceptors (Lipinski definition) is 17. The number of likely N-dealkylation sites (tertiary alicyclic amines) is 2. The number of phenolic OH excluding ortho intramolecular Hbond substituents is 1. The monoisotopic (exact) mass is 1290 g/mol. The summed E-state index contributed by atoms with van der Waals surface area (Å²) in [6.07, 6.45) is 0.990. The first-order chi connectivity index (χ1) is 42.9. The number of nitrogens with two attached hydrogens (primary N) is 3. The molecule has 3 saturated heterocycles. The molecule has 5 heterocycles. The Hall–Kier alpha value is -7.50. The normalized spacial score (nSPS) is 24.3. The number of unbranched alkanes of at least 4 members (excludes halogenated alkanes) is 1. The molecule has 7 rings (SSSR count). The van der Waals surface area contributed by atoms with Gasteiger partial charge < -0.3 is 79.1 Å². The molecular weight excluding hydrogens is 1200 g/mol. The Morgan fingerprint density at radius 3 is 1.94 bits per heavy atom. The van der Waals surface area contributed by atoms with Crippen LogP contribution in [0.1, 0.15) is 121 Å². The Labute approximate surface area is 532 Å². The van der Waals surface area contributed by atoms with Crippen LogP contribution in [-0.4, -0.2) is 199 Å². The van der Waals surface area contributed by atoms with Gasteiger partial charge in [0.05, 0.1) is 6.04 Å². The molecule has 15 N–H and O–H groups in total. The van der Waals surface area contributed by atoms with Gasteiger partial charge in [-0.3, -0.25) is 52.7 Å². The highest BCUT2D eigenvalue weighted by Crippen LogP contribution is 2.28. The number of piperidine rings is 1. The molecule has 27 nitrogen and oxygen atoms in total. The van der Waals surface area contributed by atoms with Crippen molar-refractivity contribution in [2.45, 2.75) is 183 Å². The van der Waals surface area contributed by atoms with Crippen molar-refractivity contribution in [3.8, 4) is 5.75 Å². The van der Waals surface area contributed by atoms with Gasteiger partial charge in [0.25, 0.3) is 0 Å². The van der Waals surface area contributed by atoms with Crippen molar-refractivity contribution in [2.75, 3.05) is 37.7 Å². The SMILES string of the molecule is CC[C@H](C)C(N)C(=O)N1CCC[C@H]1C(=O)N1CCC[C@H]1C(=O)N[C@@H](CCCCN)C(=O)N[C@@H](Cc1ccc(O)cc1)C(=O)N[C@H]1CSCc2ccc(cc2)CSC[C@@H](C(=O)O)N2CC(C)CC(NC(=O)[C@H](CCC(N)=O)NC(=O)[C@H](CCC(=O)O)NC1=O)C2=O. The van der Waals surface area contributed by atoms with Gasteiger partial charge in [-0.2, -0.15) is 23.5 Å². The van der Waals surface area contributed by atoms with Gasteiger partial charge in [-0.15, -0.1) is 0 Å². The summed E-state index contributed by atoms with van der Waals surface area (Å²) in [6.45, 7) is 6.47. The maximum atomic E-state index is 15.0. The van der Waals surface area contributed by atoms with Crippen LogP contribution in [0.4, 0.5) is 0 Å². The second kappa shape index (κ2) is 34.6. The van der Waals surface area contributed by atoms with Crippen molar-refractivity contribution in [3.05, 3.63) is 65.2 Å². The summed E-state index contributed by atoms with van der Waals surface area (Å²) in [5.74, 6) is -10.3. The van der Waals surface area contributed by atoms with E-state index in [1.807, 2.05) is 38.1 Å². The molecule has 5 aliphatic rings. The topological polar surface area (TPSA) is 425 Å². The summed E-state index contributed by atoms with van der Waals surface area (Å²) in [7, 11) is 0. The molecule has 494 valence electrons. The van der Waals surface area contributed by atoms with E-state index < -0.39 is 151 Å². The van der Waals surface area contributed by atoms with E-state index in [4.69, 9.17) is 17.2 Å². The van der Waals surface area contributed by atoms with Gasteiger partial charge in [0, 0.05) is 61.9 Å². The fourth-order valence-electron chi connectivity index (χ4n) is 11.4. The molecule has 12 atom stereocenters. The van der Waals surface area contributed by atoms with Crippen molar-refractivity contribution in [1.29, 1.82) is 0 Å². The number of benzene rings is 2. The van der Waals surface area contributed by atoms with Crippen molar-refractivity contribution in [3.63, 3.8) is 0 Å². The molecule has 0 spiro atoms. The molecule has 10 amide bonds. The number of carbonyl (C=O) groups is 12. The Morgan fingerprint density at radius 1 is 0.733 bits per heavy atom. The van der Waals surface area contributed by atoms with Crippen LogP contribution in [0, 0.1) is 11.8 Å². The number of nitrogens with zero attached hydrogens (tertiary/aromatic N) is 3. The molecule has 0 saturated carbocycles. The molecule has 0 aliphatic carbocycles. The number of carbonyl (C=O) groups excluding carboxylic acids is 10. The number of aliphatic carboxylic acids is 2. The first-order valence-electron chi connectivity index (χ1n) is 30.8. The van der Waals surface area contributed by atoms with Crippen LogP contribution in [0.15, 0.2) is 48.5 Å². The standard InChI is InChI=1S/C61H88N12O15S2/c1-4-35(3)51(64)60(86)72-26-8-11-47(72)59(85)71-25-7-10-46(71)57(83)67-40(9-5-6-24-62)52(78)68-43(28-36-16-18-39(74)19-17-36)55(81)70-45-32-89-30-37-12-14-38(15-13-37)31-90-33-48(61(87)88)73-29-34(2)27-44(58(73)84)69-54(80)41(20-22-49(63)75)65-53(79)42(66-56(45)82)21-23-50(76)77/h12-19,34-35,40-48,51,74H,4-11,20-33,62,64H2,1-3H3,(H2,63,75)(H,65,79)(H,66,82)(H,67,83)(H,68,78)(H,69,80)(H,70,81)(H,76,77)(H,87,88)/t34?,35-,40-,41-,42-,43-,44?,45-,46-,47-,48-,51?/m0/s1. The lowest BCUT2D eigenvalue weighted by Crippen LogP contribution is -2.62. The van der Waals surface area contributed by atoms with Crippen molar-refractivity contribution in [1.82, 2.24) is 46.6 Å². The third-order valence-corrected chi connectivity index (χ3v) is 19.0. The third kappa shape index (κ3) is 20.5.